The molecule has 1 unspecified atom stereocenters. The molecule has 0 spiro atoms. The lowest BCUT2D eigenvalue weighted by Crippen LogP contribution is -2.49. The topological polar surface area (TPSA) is 68.0 Å². The minimum atomic E-state index is -0.00135. The van der Waals surface area contributed by atoms with Gasteiger partial charge < -0.3 is 15.2 Å². The molecule has 0 aromatic carbocycles. The van der Waals surface area contributed by atoms with E-state index in [1.165, 1.54) is 25.8 Å². The van der Waals surface area contributed by atoms with Crippen LogP contribution in [0.1, 0.15) is 51.4 Å². The Morgan fingerprint density at radius 3 is 2.84 bits per heavy atom. The molecule has 6 heteroatoms. The number of nitrogens with two attached hydrogens (primary N) is 1. The molecule has 0 radical (unpaired) electrons. The number of ether oxygens (including phenoxy) is 2. The Morgan fingerprint density at radius 1 is 1.12 bits per heavy atom. The molecule has 3 saturated heterocycles. The Morgan fingerprint density at radius 2 is 2.04 bits per heavy atom. The van der Waals surface area contributed by atoms with Crippen LogP contribution in [0, 0.1) is 0 Å². The minimum absolute atomic E-state index is 0.00135. The maximum absolute atomic E-state index is 12.1. The van der Waals surface area contributed by atoms with Gasteiger partial charge in [-0.1, -0.05) is 6.42 Å². The van der Waals surface area contributed by atoms with Gasteiger partial charge in [0.25, 0.3) is 0 Å². The molecule has 0 bridgehead atoms. The van der Waals surface area contributed by atoms with Crippen molar-refractivity contribution >= 4 is 5.97 Å². The first-order chi connectivity index (χ1) is 12.2. The number of hydrogen-bond acceptors (Lipinski definition) is 6. The normalized spacial score (nSPS) is 31.0. The van der Waals surface area contributed by atoms with Gasteiger partial charge in [-0.25, -0.2) is 0 Å². The van der Waals surface area contributed by atoms with Gasteiger partial charge in [0, 0.05) is 45.2 Å². The van der Waals surface area contributed by atoms with Crippen molar-refractivity contribution in [1.82, 2.24) is 9.80 Å². The molecule has 3 aliphatic rings. The number of rotatable bonds is 8. The first-order valence-electron chi connectivity index (χ1n) is 10.2. The molecule has 144 valence electrons. The van der Waals surface area contributed by atoms with Gasteiger partial charge in [0.2, 0.25) is 0 Å². The molecular formula is C19H35N3O3. The second-order valence-electron chi connectivity index (χ2n) is 7.82. The largest absolute Gasteiger partial charge is 0.461 e. The van der Waals surface area contributed by atoms with E-state index in [0.717, 1.165) is 64.5 Å². The maximum atomic E-state index is 12.1. The SMILES string of the molecule is NC[C@@H]1CN(CCCCCC(=O)O[C@@H]2CCCC3CCN3C2)CCO1. The number of hydrogen-bond donors (Lipinski definition) is 1. The van der Waals surface area contributed by atoms with E-state index in [-0.39, 0.29) is 18.2 Å². The Bertz CT molecular complexity index is 421. The van der Waals surface area contributed by atoms with Gasteiger partial charge >= 0.3 is 5.97 Å². The minimum Gasteiger partial charge on any atom is -0.461 e. The number of carbonyl (C=O) groups excluding carboxylic acids is 1. The predicted octanol–water partition coefficient (Wildman–Crippen LogP) is 1.38. The van der Waals surface area contributed by atoms with Crippen molar-refractivity contribution in [2.24, 2.45) is 5.73 Å². The smallest absolute Gasteiger partial charge is 0.306 e. The molecular weight excluding hydrogens is 318 g/mol. The summed E-state index contributed by atoms with van der Waals surface area (Å²) in [4.78, 5) is 17.0. The summed E-state index contributed by atoms with van der Waals surface area (Å²) in [7, 11) is 0. The molecule has 3 atom stereocenters. The summed E-state index contributed by atoms with van der Waals surface area (Å²) in [6.45, 7) is 6.54. The highest BCUT2D eigenvalue weighted by Gasteiger charge is 2.33. The van der Waals surface area contributed by atoms with Crippen molar-refractivity contribution in [2.75, 3.05) is 45.9 Å². The maximum Gasteiger partial charge on any atom is 0.306 e. The van der Waals surface area contributed by atoms with Crippen molar-refractivity contribution in [3.05, 3.63) is 0 Å². The Balaban J connectivity index is 1.23. The van der Waals surface area contributed by atoms with E-state index in [9.17, 15) is 4.79 Å². The number of fused-ring (bicyclic) bond motifs is 1. The first kappa shape index (κ1) is 19.1. The first-order valence-corrected chi connectivity index (χ1v) is 10.2. The second kappa shape index (κ2) is 9.86. The fourth-order valence-electron chi connectivity index (χ4n) is 4.24. The van der Waals surface area contributed by atoms with Crippen LogP contribution in [0.3, 0.4) is 0 Å². The zero-order chi connectivity index (χ0) is 17.5. The van der Waals surface area contributed by atoms with Crippen molar-refractivity contribution in [3.63, 3.8) is 0 Å². The molecule has 3 heterocycles. The van der Waals surface area contributed by atoms with Crippen LogP contribution in [0.4, 0.5) is 0 Å². The van der Waals surface area contributed by atoms with E-state index >= 15 is 0 Å². The Hall–Kier alpha value is -0.690. The number of esters is 1. The molecule has 0 aromatic heterocycles. The molecule has 0 aromatic rings. The Labute approximate surface area is 152 Å². The molecule has 0 aliphatic carbocycles. The van der Waals surface area contributed by atoms with Crippen LogP contribution >= 0.6 is 0 Å². The zero-order valence-corrected chi connectivity index (χ0v) is 15.5. The average molecular weight is 354 g/mol. The van der Waals surface area contributed by atoms with E-state index in [2.05, 4.69) is 9.80 Å². The predicted molar refractivity (Wildman–Crippen MR) is 97.4 cm³/mol. The molecule has 2 N–H and O–H groups in total. The van der Waals surface area contributed by atoms with Gasteiger partial charge in [-0.3, -0.25) is 14.6 Å². The van der Waals surface area contributed by atoms with Crippen LogP contribution in [0.2, 0.25) is 0 Å². The van der Waals surface area contributed by atoms with Gasteiger partial charge in [-0.15, -0.1) is 0 Å². The van der Waals surface area contributed by atoms with Crippen molar-refractivity contribution in [2.45, 2.75) is 69.6 Å². The number of carbonyl (C=O) groups is 1. The summed E-state index contributed by atoms with van der Waals surface area (Å²) in [5.41, 5.74) is 5.68. The van der Waals surface area contributed by atoms with E-state index in [1.54, 1.807) is 0 Å². The van der Waals surface area contributed by atoms with Gasteiger partial charge in [-0.2, -0.15) is 0 Å². The number of nitrogens with zero attached hydrogens (tertiary/aromatic N) is 2. The number of unbranched alkanes of at least 4 members (excludes halogenated alkanes) is 2. The van der Waals surface area contributed by atoms with Crippen LogP contribution in [0.15, 0.2) is 0 Å². The highest BCUT2D eigenvalue weighted by Crippen LogP contribution is 2.28. The fourth-order valence-corrected chi connectivity index (χ4v) is 4.24. The lowest BCUT2D eigenvalue weighted by Gasteiger charge is -2.40. The monoisotopic (exact) mass is 353 g/mol. The van der Waals surface area contributed by atoms with Gasteiger partial charge in [-0.05, 0) is 45.1 Å². The van der Waals surface area contributed by atoms with Crippen LogP contribution < -0.4 is 5.73 Å². The summed E-state index contributed by atoms with van der Waals surface area (Å²) < 4.78 is 11.3. The van der Waals surface area contributed by atoms with Crippen molar-refractivity contribution in [3.8, 4) is 0 Å². The van der Waals surface area contributed by atoms with Crippen LogP contribution in [0.25, 0.3) is 0 Å². The van der Waals surface area contributed by atoms with Gasteiger partial charge in [0.1, 0.15) is 6.10 Å². The van der Waals surface area contributed by atoms with Gasteiger partial charge in [0.15, 0.2) is 0 Å². The molecule has 3 aliphatic heterocycles. The average Bonchev–Trinajstić information content (AvgIpc) is 2.74. The third-order valence-electron chi connectivity index (χ3n) is 5.91. The summed E-state index contributed by atoms with van der Waals surface area (Å²) in [6.07, 6.45) is 8.87. The third-order valence-corrected chi connectivity index (χ3v) is 5.91. The van der Waals surface area contributed by atoms with E-state index in [4.69, 9.17) is 15.2 Å². The number of morpholine rings is 1. The standard InChI is InChI=1S/C19H35N3O3/c20-13-18-14-21(11-12-24-18)9-3-1-2-7-19(23)25-17-6-4-5-16-8-10-22(16)15-17/h16-18H,1-15,20H2/t16?,17-,18-/m1/s1. The molecule has 6 nitrogen and oxygen atoms in total. The van der Waals surface area contributed by atoms with Crippen LogP contribution in [0.5, 0.6) is 0 Å². The molecule has 0 saturated carbocycles. The van der Waals surface area contributed by atoms with E-state index < -0.39 is 0 Å². The van der Waals surface area contributed by atoms with Crippen molar-refractivity contribution < 1.29 is 14.3 Å². The highest BCUT2D eigenvalue weighted by atomic mass is 16.5. The fraction of sp³-hybridized carbons (Fsp3) is 0.947. The summed E-state index contributed by atoms with van der Waals surface area (Å²) >= 11 is 0. The third kappa shape index (κ3) is 5.91. The lowest BCUT2D eigenvalue weighted by molar-refractivity contribution is -0.150. The molecule has 0 amide bonds. The van der Waals surface area contributed by atoms with Crippen molar-refractivity contribution in [1.29, 1.82) is 0 Å². The zero-order valence-electron chi connectivity index (χ0n) is 15.5. The Kier molecular flexibility index (Phi) is 7.52. The van der Waals surface area contributed by atoms with E-state index in [0.29, 0.717) is 13.0 Å². The lowest BCUT2D eigenvalue weighted by atomic mass is 10.00. The molecule has 25 heavy (non-hydrogen) atoms. The summed E-state index contributed by atoms with van der Waals surface area (Å²) in [6, 6.07) is 0.766. The second-order valence-corrected chi connectivity index (χ2v) is 7.82. The molecule has 3 fully saturated rings. The van der Waals surface area contributed by atoms with Crippen LogP contribution in [-0.4, -0.2) is 79.9 Å². The van der Waals surface area contributed by atoms with Gasteiger partial charge in [0.05, 0.1) is 12.7 Å². The summed E-state index contributed by atoms with van der Waals surface area (Å²) in [5, 5.41) is 0. The van der Waals surface area contributed by atoms with Crippen LogP contribution in [-0.2, 0) is 14.3 Å². The molecule has 3 rings (SSSR count). The highest BCUT2D eigenvalue weighted by molar-refractivity contribution is 5.69. The van der Waals surface area contributed by atoms with E-state index in [1.807, 2.05) is 0 Å². The quantitative estimate of drug-likeness (QED) is 0.525. The summed E-state index contributed by atoms with van der Waals surface area (Å²) in [5.74, 6) is -0.00135.